The molecule has 0 radical (unpaired) electrons. The second-order valence-electron chi connectivity index (χ2n) is 6.60. The van der Waals surface area contributed by atoms with Crippen molar-refractivity contribution in [3.8, 4) is 11.4 Å². The normalized spacial score (nSPS) is 15.3. The zero-order valence-electron chi connectivity index (χ0n) is 15.0. The molecule has 0 saturated carbocycles. The lowest BCUT2D eigenvalue weighted by atomic mass is 10.1. The summed E-state index contributed by atoms with van der Waals surface area (Å²) >= 11 is 6.12. The quantitative estimate of drug-likeness (QED) is 0.875. The van der Waals surface area contributed by atoms with Crippen LogP contribution in [0.1, 0.15) is 17.7 Å². The molecule has 0 aliphatic carbocycles. The van der Waals surface area contributed by atoms with Gasteiger partial charge in [0.25, 0.3) is 5.56 Å². The van der Waals surface area contributed by atoms with Gasteiger partial charge in [-0.05, 0) is 25.6 Å². The number of likely N-dealkylation sites (N-methyl/N-ethyl adjacent to an activating group) is 1. The highest BCUT2D eigenvalue weighted by Crippen LogP contribution is 2.21. The minimum Gasteiger partial charge on any atom is -0.340 e. The fraction of sp³-hybridized carbons (Fsp3) is 0.444. The Hall–Kier alpha value is -2.25. The van der Waals surface area contributed by atoms with E-state index < -0.39 is 0 Å². The van der Waals surface area contributed by atoms with Gasteiger partial charge >= 0.3 is 0 Å². The second kappa shape index (κ2) is 7.97. The fourth-order valence-electron chi connectivity index (χ4n) is 2.83. The van der Waals surface area contributed by atoms with Crippen LogP contribution in [-0.2, 0) is 11.2 Å². The molecule has 1 amide bonds. The number of amides is 1. The van der Waals surface area contributed by atoms with E-state index in [2.05, 4.69) is 20.1 Å². The summed E-state index contributed by atoms with van der Waals surface area (Å²) in [5.74, 6) is 0.416. The summed E-state index contributed by atoms with van der Waals surface area (Å²) in [6, 6.07) is 5.44. The van der Waals surface area contributed by atoms with E-state index in [1.54, 1.807) is 6.07 Å². The van der Waals surface area contributed by atoms with E-state index in [1.165, 1.54) is 0 Å². The molecule has 1 aromatic carbocycles. The lowest BCUT2D eigenvalue weighted by Gasteiger charge is -2.32. The number of hydrogen-bond donors (Lipinski definition) is 1. The number of halogens is 1. The summed E-state index contributed by atoms with van der Waals surface area (Å²) in [6.45, 7) is 5.11. The number of carbonyl (C=O) groups excluding carboxylic acids is 1. The summed E-state index contributed by atoms with van der Waals surface area (Å²) in [4.78, 5) is 31.3. The van der Waals surface area contributed by atoms with E-state index in [0.29, 0.717) is 16.4 Å². The third kappa shape index (κ3) is 4.28. The number of benzene rings is 1. The molecule has 1 aliphatic heterocycles. The summed E-state index contributed by atoms with van der Waals surface area (Å²) in [6.07, 6.45) is 0.541. The third-order valence-electron chi connectivity index (χ3n) is 4.64. The largest absolute Gasteiger partial charge is 0.340 e. The number of rotatable bonds is 4. The van der Waals surface area contributed by atoms with Crippen LogP contribution in [0, 0.1) is 6.92 Å². The Bertz CT molecular complexity index is 859. The smallest absolute Gasteiger partial charge is 0.273 e. The Labute approximate surface area is 157 Å². The molecule has 138 valence electrons. The number of aromatic amines is 1. The SMILES string of the molecule is Cc1ccc(-c2nnc(CCC(=O)N3CCN(C)CC3)c(=O)[nH]2)cc1Cl. The Kier molecular flexibility index (Phi) is 5.68. The van der Waals surface area contributed by atoms with Gasteiger partial charge in [0.05, 0.1) is 0 Å². The van der Waals surface area contributed by atoms with Crippen molar-refractivity contribution in [2.75, 3.05) is 33.2 Å². The van der Waals surface area contributed by atoms with Crippen LogP contribution in [0.25, 0.3) is 11.4 Å². The van der Waals surface area contributed by atoms with Crippen molar-refractivity contribution in [3.05, 3.63) is 44.8 Å². The van der Waals surface area contributed by atoms with Gasteiger partial charge in [0, 0.05) is 49.6 Å². The predicted molar refractivity (Wildman–Crippen MR) is 100 cm³/mol. The number of nitrogens with zero attached hydrogens (tertiary/aromatic N) is 4. The maximum atomic E-state index is 12.3. The number of hydrogen-bond acceptors (Lipinski definition) is 5. The van der Waals surface area contributed by atoms with Gasteiger partial charge in [-0.2, -0.15) is 0 Å². The van der Waals surface area contributed by atoms with Crippen LogP contribution in [-0.4, -0.2) is 64.1 Å². The molecular formula is C18H22ClN5O2. The van der Waals surface area contributed by atoms with Crippen molar-refractivity contribution in [1.29, 1.82) is 0 Å². The van der Waals surface area contributed by atoms with Crippen molar-refractivity contribution in [2.45, 2.75) is 19.8 Å². The number of nitrogens with one attached hydrogen (secondary N) is 1. The first-order chi connectivity index (χ1) is 12.4. The summed E-state index contributed by atoms with van der Waals surface area (Å²) in [7, 11) is 2.04. The van der Waals surface area contributed by atoms with Crippen LogP contribution in [0.5, 0.6) is 0 Å². The molecule has 1 saturated heterocycles. The number of aromatic nitrogens is 3. The number of carbonyl (C=O) groups is 1. The molecule has 26 heavy (non-hydrogen) atoms. The third-order valence-corrected chi connectivity index (χ3v) is 5.05. The number of aryl methyl sites for hydroxylation is 2. The van der Waals surface area contributed by atoms with Crippen molar-refractivity contribution in [2.24, 2.45) is 0 Å². The Morgan fingerprint density at radius 1 is 1.23 bits per heavy atom. The predicted octanol–water partition coefficient (Wildman–Crippen LogP) is 1.50. The highest BCUT2D eigenvalue weighted by molar-refractivity contribution is 6.31. The zero-order valence-corrected chi connectivity index (χ0v) is 15.7. The van der Waals surface area contributed by atoms with Gasteiger partial charge in [-0.15, -0.1) is 10.2 Å². The topological polar surface area (TPSA) is 82.2 Å². The Morgan fingerprint density at radius 2 is 1.96 bits per heavy atom. The standard InChI is InChI=1S/C18H22ClN5O2/c1-12-3-4-13(11-14(12)19)17-20-18(26)15(21-22-17)5-6-16(25)24-9-7-23(2)8-10-24/h3-4,11H,5-10H2,1-2H3,(H,20,22,26). The molecule has 0 bridgehead atoms. The first-order valence-corrected chi connectivity index (χ1v) is 9.00. The lowest BCUT2D eigenvalue weighted by molar-refractivity contribution is -0.132. The highest BCUT2D eigenvalue weighted by Gasteiger charge is 2.19. The molecule has 7 nitrogen and oxygen atoms in total. The fourth-order valence-corrected chi connectivity index (χ4v) is 3.01. The molecule has 0 atom stereocenters. The van der Waals surface area contributed by atoms with Crippen LogP contribution in [0.3, 0.4) is 0 Å². The van der Waals surface area contributed by atoms with Crippen molar-refractivity contribution >= 4 is 17.5 Å². The molecule has 2 heterocycles. The van der Waals surface area contributed by atoms with Crippen LogP contribution < -0.4 is 5.56 Å². The van der Waals surface area contributed by atoms with Crippen LogP contribution in [0.4, 0.5) is 0 Å². The molecule has 0 spiro atoms. The Balaban J connectivity index is 1.65. The first-order valence-electron chi connectivity index (χ1n) is 8.63. The van der Waals surface area contributed by atoms with Crippen LogP contribution in [0.15, 0.2) is 23.0 Å². The molecule has 1 N–H and O–H groups in total. The first kappa shape index (κ1) is 18.5. The van der Waals surface area contributed by atoms with Gasteiger partial charge in [-0.3, -0.25) is 9.59 Å². The van der Waals surface area contributed by atoms with Crippen molar-refractivity contribution < 1.29 is 4.79 Å². The number of piperazine rings is 1. The van der Waals surface area contributed by atoms with E-state index in [1.807, 2.05) is 31.0 Å². The zero-order chi connectivity index (χ0) is 18.7. The van der Waals surface area contributed by atoms with Crippen LogP contribution in [0.2, 0.25) is 5.02 Å². The molecular weight excluding hydrogens is 354 g/mol. The summed E-state index contributed by atoms with van der Waals surface area (Å²) in [5, 5.41) is 8.71. The minimum absolute atomic E-state index is 0.0497. The van der Waals surface area contributed by atoms with E-state index in [9.17, 15) is 9.59 Å². The maximum absolute atomic E-state index is 12.3. The molecule has 1 aliphatic rings. The van der Waals surface area contributed by atoms with Gasteiger partial charge in [0.2, 0.25) is 5.91 Å². The van der Waals surface area contributed by atoms with Gasteiger partial charge in [-0.25, -0.2) is 0 Å². The molecule has 3 rings (SSSR count). The minimum atomic E-state index is -0.321. The van der Waals surface area contributed by atoms with E-state index in [-0.39, 0.29) is 30.0 Å². The van der Waals surface area contributed by atoms with Crippen molar-refractivity contribution in [1.82, 2.24) is 25.0 Å². The average Bonchev–Trinajstić information content (AvgIpc) is 2.63. The molecule has 2 aromatic rings. The molecule has 8 heteroatoms. The van der Waals surface area contributed by atoms with Gasteiger partial charge < -0.3 is 14.8 Å². The molecule has 0 unspecified atom stereocenters. The molecule has 1 fully saturated rings. The van der Waals surface area contributed by atoms with Crippen molar-refractivity contribution in [3.63, 3.8) is 0 Å². The Morgan fingerprint density at radius 3 is 2.62 bits per heavy atom. The monoisotopic (exact) mass is 375 g/mol. The lowest BCUT2D eigenvalue weighted by Crippen LogP contribution is -2.47. The average molecular weight is 376 g/mol. The van der Waals surface area contributed by atoms with Gasteiger partial charge in [-0.1, -0.05) is 23.7 Å². The van der Waals surface area contributed by atoms with Crippen LogP contribution >= 0.6 is 11.6 Å². The van der Waals surface area contributed by atoms with E-state index in [0.717, 1.165) is 31.7 Å². The van der Waals surface area contributed by atoms with Gasteiger partial charge in [0.1, 0.15) is 5.69 Å². The number of H-pyrrole nitrogens is 1. The van der Waals surface area contributed by atoms with Gasteiger partial charge in [0.15, 0.2) is 5.82 Å². The maximum Gasteiger partial charge on any atom is 0.273 e. The highest BCUT2D eigenvalue weighted by atomic mass is 35.5. The second-order valence-corrected chi connectivity index (χ2v) is 7.00. The molecule has 1 aromatic heterocycles. The van der Waals surface area contributed by atoms with E-state index >= 15 is 0 Å². The summed E-state index contributed by atoms with van der Waals surface area (Å²) < 4.78 is 0. The summed E-state index contributed by atoms with van der Waals surface area (Å²) in [5.41, 5.74) is 1.60. The van der Waals surface area contributed by atoms with E-state index in [4.69, 9.17) is 11.6 Å².